The van der Waals surface area contributed by atoms with Crippen LogP contribution in [0.4, 0.5) is 0 Å². The first-order valence-corrected chi connectivity index (χ1v) is 13.1. The van der Waals surface area contributed by atoms with Gasteiger partial charge < -0.3 is 5.11 Å². The van der Waals surface area contributed by atoms with Gasteiger partial charge in [-0.2, -0.15) is 8.42 Å². The SMILES string of the molecule is CCCCCCCCCCCCC(O)C(CCCCCCCC)S(=O)(=O)O. The lowest BCUT2D eigenvalue weighted by Crippen LogP contribution is -2.33. The van der Waals surface area contributed by atoms with Crippen molar-refractivity contribution in [2.24, 2.45) is 0 Å². The van der Waals surface area contributed by atoms with Crippen molar-refractivity contribution in [3.63, 3.8) is 0 Å². The van der Waals surface area contributed by atoms with E-state index in [1.807, 2.05) is 0 Å². The highest BCUT2D eigenvalue weighted by molar-refractivity contribution is 7.86. The van der Waals surface area contributed by atoms with Crippen molar-refractivity contribution in [2.75, 3.05) is 0 Å². The van der Waals surface area contributed by atoms with Crippen molar-refractivity contribution >= 4 is 10.1 Å². The quantitative estimate of drug-likeness (QED) is 0.175. The highest BCUT2D eigenvalue weighted by Crippen LogP contribution is 2.20. The molecule has 0 fully saturated rings. The second-order valence-corrected chi connectivity index (χ2v) is 9.78. The molecule has 0 aromatic carbocycles. The fourth-order valence-corrected chi connectivity index (χ4v) is 4.69. The molecule has 0 heterocycles. The summed E-state index contributed by atoms with van der Waals surface area (Å²) in [6.45, 7) is 4.40. The molecule has 0 bridgehead atoms. The monoisotopic (exact) mass is 406 g/mol. The zero-order valence-electron chi connectivity index (χ0n) is 18.0. The predicted molar refractivity (Wildman–Crippen MR) is 116 cm³/mol. The van der Waals surface area contributed by atoms with Gasteiger partial charge in [-0.15, -0.1) is 0 Å². The Kier molecular flexibility index (Phi) is 17.8. The van der Waals surface area contributed by atoms with Crippen LogP contribution in [0.25, 0.3) is 0 Å². The predicted octanol–water partition coefficient (Wildman–Crippen LogP) is 6.67. The van der Waals surface area contributed by atoms with Gasteiger partial charge >= 0.3 is 0 Å². The highest BCUT2D eigenvalue weighted by Gasteiger charge is 2.29. The Hall–Kier alpha value is -0.130. The average Bonchev–Trinajstić information content (AvgIpc) is 2.61. The zero-order chi connectivity index (χ0) is 20.4. The van der Waals surface area contributed by atoms with Gasteiger partial charge in [0, 0.05) is 0 Å². The van der Waals surface area contributed by atoms with Crippen LogP contribution in [0, 0.1) is 0 Å². The Morgan fingerprint density at radius 2 is 0.926 bits per heavy atom. The Labute approximate surface area is 169 Å². The molecule has 0 saturated carbocycles. The van der Waals surface area contributed by atoms with Crippen LogP contribution in [-0.2, 0) is 10.1 Å². The van der Waals surface area contributed by atoms with Gasteiger partial charge in [-0.1, -0.05) is 117 Å². The van der Waals surface area contributed by atoms with Crippen LogP contribution in [0.5, 0.6) is 0 Å². The summed E-state index contributed by atoms with van der Waals surface area (Å²) in [4.78, 5) is 0. The third-order valence-electron chi connectivity index (χ3n) is 5.51. The fourth-order valence-electron chi connectivity index (χ4n) is 3.69. The van der Waals surface area contributed by atoms with Crippen molar-refractivity contribution in [3.05, 3.63) is 0 Å². The Balaban J connectivity index is 3.85. The second-order valence-electron chi connectivity index (χ2n) is 8.15. The minimum atomic E-state index is -4.17. The Bertz CT molecular complexity index is 409. The summed E-state index contributed by atoms with van der Waals surface area (Å²) >= 11 is 0. The van der Waals surface area contributed by atoms with Gasteiger partial charge in [0.15, 0.2) is 0 Å². The summed E-state index contributed by atoms with van der Waals surface area (Å²) in [6, 6.07) is 0. The molecule has 5 heteroatoms. The molecule has 0 spiro atoms. The molecule has 0 rings (SSSR count). The van der Waals surface area contributed by atoms with Crippen molar-refractivity contribution in [1.82, 2.24) is 0 Å². The molecule has 0 aromatic heterocycles. The number of unbranched alkanes of at least 4 members (excludes halogenated alkanes) is 14. The summed E-state index contributed by atoms with van der Waals surface area (Å²) < 4.78 is 32.7. The van der Waals surface area contributed by atoms with E-state index in [1.54, 1.807) is 0 Å². The van der Waals surface area contributed by atoms with Gasteiger partial charge in [-0.25, -0.2) is 0 Å². The van der Waals surface area contributed by atoms with E-state index in [9.17, 15) is 18.1 Å². The molecular weight excluding hydrogens is 360 g/mol. The van der Waals surface area contributed by atoms with Crippen molar-refractivity contribution < 1.29 is 18.1 Å². The van der Waals surface area contributed by atoms with Crippen LogP contribution < -0.4 is 0 Å². The summed E-state index contributed by atoms with van der Waals surface area (Å²) in [7, 11) is -4.17. The van der Waals surface area contributed by atoms with Gasteiger partial charge in [0.1, 0.15) is 5.25 Å². The molecule has 0 amide bonds. The number of rotatable bonds is 20. The molecule has 4 nitrogen and oxygen atoms in total. The molecule has 0 aliphatic rings. The maximum absolute atomic E-state index is 11.6. The third-order valence-corrected chi connectivity index (χ3v) is 6.82. The molecule has 164 valence electrons. The number of aliphatic hydroxyl groups is 1. The lowest BCUT2D eigenvalue weighted by molar-refractivity contribution is 0.146. The van der Waals surface area contributed by atoms with E-state index >= 15 is 0 Å². The third kappa shape index (κ3) is 16.5. The van der Waals surface area contributed by atoms with E-state index in [0.717, 1.165) is 38.5 Å². The summed E-state index contributed by atoms with van der Waals surface area (Å²) in [5.41, 5.74) is 0. The van der Waals surface area contributed by atoms with Crippen molar-refractivity contribution in [1.29, 1.82) is 0 Å². The Morgan fingerprint density at radius 1 is 0.593 bits per heavy atom. The van der Waals surface area contributed by atoms with Gasteiger partial charge in [-0.05, 0) is 12.8 Å². The maximum Gasteiger partial charge on any atom is 0.270 e. The van der Waals surface area contributed by atoms with Gasteiger partial charge in [-0.3, -0.25) is 4.55 Å². The van der Waals surface area contributed by atoms with E-state index < -0.39 is 21.5 Å². The lowest BCUT2D eigenvalue weighted by Gasteiger charge is -2.20. The molecule has 0 aromatic rings. The van der Waals surface area contributed by atoms with Crippen LogP contribution in [0.2, 0.25) is 0 Å². The van der Waals surface area contributed by atoms with E-state index in [-0.39, 0.29) is 0 Å². The zero-order valence-corrected chi connectivity index (χ0v) is 18.8. The van der Waals surface area contributed by atoms with Crippen LogP contribution in [0.1, 0.15) is 129 Å². The molecule has 0 aliphatic heterocycles. The summed E-state index contributed by atoms with van der Waals surface area (Å²) in [6.07, 6.45) is 18.4. The molecule has 27 heavy (non-hydrogen) atoms. The van der Waals surface area contributed by atoms with E-state index in [4.69, 9.17) is 0 Å². The minimum absolute atomic E-state index is 0.365. The minimum Gasteiger partial charge on any atom is -0.392 e. The highest BCUT2D eigenvalue weighted by atomic mass is 32.2. The van der Waals surface area contributed by atoms with E-state index in [0.29, 0.717) is 12.8 Å². The number of hydrogen-bond donors (Lipinski definition) is 2. The molecule has 0 aliphatic carbocycles. The normalized spacial score (nSPS) is 14.4. The first-order chi connectivity index (χ1) is 12.9. The largest absolute Gasteiger partial charge is 0.392 e. The molecule has 0 saturated heterocycles. The lowest BCUT2D eigenvalue weighted by atomic mass is 10.0. The number of aliphatic hydroxyl groups excluding tert-OH is 1. The molecule has 2 unspecified atom stereocenters. The van der Waals surface area contributed by atoms with Crippen molar-refractivity contribution in [3.8, 4) is 0 Å². The average molecular weight is 407 g/mol. The molecular formula is C22H46O4S. The van der Waals surface area contributed by atoms with Gasteiger partial charge in [0.25, 0.3) is 10.1 Å². The smallest absolute Gasteiger partial charge is 0.270 e. The van der Waals surface area contributed by atoms with Crippen LogP contribution >= 0.6 is 0 Å². The molecule has 2 atom stereocenters. The second kappa shape index (κ2) is 17.9. The van der Waals surface area contributed by atoms with Crippen LogP contribution in [-0.4, -0.2) is 29.4 Å². The standard InChI is InChI=1S/C22H46O4S/c1-3-5-7-9-11-12-13-14-15-17-19-21(23)22(27(24,25)26)20-18-16-10-8-6-4-2/h21-23H,3-20H2,1-2H3,(H,24,25,26). The maximum atomic E-state index is 11.6. The van der Waals surface area contributed by atoms with Crippen molar-refractivity contribution in [2.45, 2.75) is 141 Å². The summed E-state index contributed by atoms with van der Waals surface area (Å²) in [5.74, 6) is 0. The number of hydrogen-bond acceptors (Lipinski definition) is 3. The molecule has 2 N–H and O–H groups in total. The summed E-state index contributed by atoms with van der Waals surface area (Å²) in [5, 5.41) is 9.26. The van der Waals surface area contributed by atoms with E-state index in [1.165, 1.54) is 64.2 Å². The van der Waals surface area contributed by atoms with Crippen LogP contribution in [0.3, 0.4) is 0 Å². The van der Waals surface area contributed by atoms with Gasteiger partial charge in [0.05, 0.1) is 6.10 Å². The van der Waals surface area contributed by atoms with Crippen LogP contribution in [0.15, 0.2) is 0 Å². The first kappa shape index (κ1) is 26.9. The topological polar surface area (TPSA) is 74.6 Å². The van der Waals surface area contributed by atoms with E-state index in [2.05, 4.69) is 13.8 Å². The Morgan fingerprint density at radius 3 is 1.30 bits per heavy atom. The molecule has 0 radical (unpaired) electrons. The van der Waals surface area contributed by atoms with Gasteiger partial charge in [0.2, 0.25) is 0 Å². The fraction of sp³-hybridized carbons (Fsp3) is 1.00. The first-order valence-electron chi connectivity index (χ1n) is 11.6.